The van der Waals surface area contributed by atoms with Crippen LogP contribution in [0.4, 0.5) is 5.69 Å². The highest BCUT2D eigenvalue weighted by molar-refractivity contribution is 9.10. The van der Waals surface area contributed by atoms with Crippen LogP contribution in [0.5, 0.6) is 0 Å². The fourth-order valence-corrected chi connectivity index (χ4v) is 3.41. The van der Waals surface area contributed by atoms with Crippen LogP contribution in [0.2, 0.25) is 0 Å². The number of unbranched alkanes of at least 4 members (excludes halogenated alkanes) is 1. The van der Waals surface area contributed by atoms with Crippen molar-refractivity contribution < 1.29 is 0 Å². The summed E-state index contributed by atoms with van der Waals surface area (Å²) in [4.78, 5) is 8.90. The molecule has 25 heavy (non-hydrogen) atoms. The van der Waals surface area contributed by atoms with Crippen LogP contribution in [0.15, 0.2) is 17.0 Å². The maximum atomic E-state index is 4.76. The van der Waals surface area contributed by atoms with Gasteiger partial charge >= 0.3 is 0 Å². The van der Waals surface area contributed by atoms with Gasteiger partial charge in [-0.1, -0.05) is 26.7 Å². The second-order valence-corrected chi connectivity index (χ2v) is 7.24. The minimum atomic E-state index is 0.389. The molecule has 0 spiro atoms. The normalized spacial score (nSPS) is 12.7. The molecule has 0 saturated carbocycles. The molecule has 0 aliphatic carbocycles. The van der Waals surface area contributed by atoms with E-state index in [1.165, 1.54) is 12.8 Å². The third-order valence-corrected chi connectivity index (χ3v) is 4.74. The van der Waals surface area contributed by atoms with E-state index in [0.717, 1.165) is 39.3 Å². The molecular formula is C17H24BrN7. The van der Waals surface area contributed by atoms with E-state index < -0.39 is 0 Å². The van der Waals surface area contributed by atoms with Crippen LogP contribution in [0, 0.1) is 0 Å². The number of hydrogen-bond acceptors (Lipinski definition) is 5. The van der Waals surface area contributed by atoms with Gasteiger partial charge in [0.25, 0.3) is 0 Å². The van der Waals surface area contributed by atoms with Crippen LogP contribution in [0.3, 0.4) is 0 Å². The van der Waals surface area contributed by atoms with Crippen LogP contribution in [0.25, 0.3) is 11.0 Å². The summed E-state index contributed by atoms with van der Waals surface area (Å²) >= 11 is 3.51. The van der Waals surface area contributed by atoms with Crippen molar-refractivity contribution in [3.05, 3.63) is 28.5 Å². The molecule has 3 rings (SSSR count). The first-order valence-electron chi connectivity index (χ1n) is 8.61. The molecule has 0 aromatic carbocycles. The Morgan fingerprint density at radius 3 is 2.76 bits per heavy atom. The lowest BCUT2D eigenvalue weighted by Gasteiger charge is -2.11. The molecule has 0 bridgehead atoms. The predicted molar refractivity (Wildman–Crippen MR) is 102 cm³/mol. The summed E-state index contributed by atoms with van der Waals surface area (Å²) in [6.07, 6.45) is 5.22. The van der Waals surface area contributed by atoms with Crippen molar-refractivity contribution in [1.82, 2.24) is 29.5 Å². The Morgan fingerprint density at radius 2 is 2.08 bits per heavy atom. The van der Waals surface area contributed by atoms with Crippen molar-refractivity contribution in [1.29, 1.82) is 0 Å². The number of hydrogen-bond donors (Lipinski definition) is 1. The van der Waals surface area contributed by atoms with E-state index in [2.05, 4.69) is 50.2 Å². The number of rotatable bonds is 7. The van der Waals surface area contributed by atoms with Crippen LogP contribution in [0.1, 0.15) is 50.5 Å². The zero-order chi connectivity index (χ0) is 18.0. The smallest absolute Gasteiger partial charge is 0.169 e. The third-order valence-electron chi connectivity index (χ3n) is 4.33. The number of pyridine rings is 1. The standard InChI is InChI=1S/C17H24BrN7/c1-5-6-7-11(2)16-15-12(19-9-14-20-10-24(3)22-14)8-13(18)21-17(15)25(4)23-16/h8,10-11H,5-7,9H2,1-4H3,(H,19,21). The average Bonchev–Trinajstić information content (AvgIpc) is 3.14. The molecule has 8 heteroatoms. The van der Waals surface area contributed by atoms with Gasteiger partial charge in [-0.15, -0.1) is 0 Å². The molecule has 3 aromatic heterocycles. The zero-order valence-electron chi connectivity index (χ0n) is 15.1. The number of nitrogens with zero attached hydrogens (tertiary/aromatic N) is 6. The summed E-state index contributed by atoms with van der Waals surface area (Å²) in [6.45, 7) is 5.02. The van der Waals surface area contributed by atoms with Gasteiger partial charge in [0.2, 0.25) is 0 Å². The van der Waals surface area contributed by atoms with Gasteiger partial charge in [0.05, 0.1) is 23.3 Å². The number of fused-ring (bicyclic) bond motifs is 1. The molecular weight excluding hydrogens is 382 g/mol. The lowest BCUT2D eigenvalue weighted by molar-refractivity contribution is 0.601. The first kappa shape index (κ1) is 17.8. The number of halogens is 1. The van der Waals surface area contributed by atoms with E-state index >= 15 is 0 Å². The Hall–Kier alpha value is -1.96. The van der Waals surface area contributed by atoms with Gasteiger partial charge in [-0.2, -0.15) is 10.2 Å². The fraction of sp³-hybridized carbons (Fsp3) is 0.529. The number of aromatic nitrogens is 6. The average molecular weight is 406 g/mol. The second kappa shape index (κ2) is 7.51. The van der Waals surface area contributed by atoms with E-state index in [1.807, 2.05) is 24.8 Å². The van der Waals surface area contributed by atoms with Crippen molar-refractivity contribution in [2.75, 3.05) is 5.32 Å². The highest BCUT2D eigenvalue weighted by Crippen LogP contribution is 2.34. The lowest BCUT2D eigenvalue weighted by Crippen LogP contribution is -2.04. The van der Waals surface area contributed by atoms with Crippen LogP contribution < -0.4 is 5.32 Å². The highest BCUT2D eigenvalue weighted by atomic mass is 79.9. The van der Waals surface area contributed by atoms with Gasteiger partial charge in [0, 0.05) is 20.0 Å². The van der Waals surface area contributed by atoms with Gasteiger partial charge in [-0.25, -0.2) is 9.97 Å². The fourth-order valence-electron chi connectivity index (χ4n) is 3.02. The SMILES string of the molecule is CCCCC(C)c1nn(C)c2nc(Br)cc(NCc3ncn(C)n3)c12. The largest absolute Gasteiger partial charge is 0.377 e. The molecule has 0 saturated heterocycles. The molecule has 0 radical (unpaired) electrons. The van der Waals surface area contributed by atoms with Gasteiger partial charge < -0.3 is 5.32 Å². The molecule has 3 heterocycles. The first-order chi connectivity index (χ1) is 12.0. The number of nitrogens with one attached hydrogen (secondary N) is 1. The third kappa shape index (κ3) is 3.84. The molecule has 3 aromatic rings. The van der Waals surface area contributed by atoms with Gasteiger partial charge in [-0.05, 0) is 28.4 Å². The number of aryl methyl sites for hydroxylation is 2. The summed E-state index contributed by atoms with van der Waals surface area (Å²) in [5.74, 6) is 1.15. The van der Waals surface area contributed by atoms with E-state index in [9.17, 15) is 0 Å². The van der Waals surface area contributed by atoms with Gasteiger partial charge in [-0.3, -0.25) is 9.36 Å². The van der Waals surface area contributed by atoms with Crippen molar-refractivity contribution in [3.8, 4) is 0 Å². The molecule has 1 N–H and O–H groups in total. The quantitative estimate of drug-likeness (QED) is 0.605. The minimum absolute atomic E-state index is 0.389. The molecule has 134 valence electrons. The van der Waals surface area contributed by atoms with E-state index in [1.54, 1.807) is 11.0 Å². The molecule has 0 amide bonds. The van der Waals surface area contributed by atoms with Crippen LogP contribution in [-0.2, 0) is 20.6 Å². The van der Waals surface area contributed by atoms with Crippen molar-refractivity contribution in [2.24, 2.45) is 14.1 Å². The van der Waals surface area contributed by atoms with Crippen molar-refractivity contribution >= 4 is 32.7 Å². The lowest BCUT2D eigenvalue weighted by atomic mass is 9.98. The van der Waals surface area contributed by atoms with Gasteiger partial charge in [0.15, 0.2) is 11.5 Å². The Balaban J connectivity index is 1.97. The molecule has 0 aliphatic heterocycles. The molecule has 1 unspecified atom stereocenters. The van der Waals surface area contributed by atoms with Crippen LogP contribution in [-0.4, -0.2) is 29.5 Å². The summed E-state index contributed by atoms with van der Waals surface area (Å²) in [5, 5.41) is 13.6. The van der Waals surface area contributed by atoms with E-state index in [-0.39, 0.29) is 0 Å². The summed E-state index contributed by atoms with van der Waals surface area (Å²) in [6, 6.07) is 2.00. The molecule has 7 nitrogen and oxygen atoms in total. The highest BCUT2D eigenvalue weighted by Gasteiger charge is 2.20. The predicted octanol–water partition coefficient (Wildman–Crippen LogP) is 3.77. The maximum Gasteiger partial charge on any atom is 0.169 e. The number of anilines is 1. The Kier molecular flexibility index (Phi) is 5.36. The Morgan fingerprint density at radius 1 is 1.28 bits per heavy atom. The monoisotopic (exact) mass is 405 g/mol. The summed E-state index contributed by atoms with van der Waals surface area (Å²) in [5.41, 5.74) is 2.99. The zero-order valence-corrected chi connectivity index (χ0v) is 16.7. The van der Waals surface area contributed by atoms with Crippen LogP contribution >= 0.6 is 15.9 Å². The first-order valence-corrected chi connectivity index (χ1v) is 9.40. The van der Waals surface area contributed by atoms with Crippen molar-refractivity contribution in [2.45, 2.75) is 45.6 Å². The maximum absolute atomic E-state index is 4.76. The summed E-state index contributed by atoms with van der Waals surface area (Å²) < 4.78 is 4.35. The van der Waals surface area contributed by atoms with E-state index in [4.69, 9.17) is 5.10 Å². The molecule has 1 atom stereocenters. The minimum Gasteiger partial charge on any atom is -0.377 e. The molecule has 0 aliphatic rings. The van der Waals surface area contributed by atoms with E-state index in [0.29, 0.717) is 12.5 Å². The molecule has 0 fully saturated rings. The Labute approximate surface area is 156 Å². The summed E-state index contributed by atoms with van der Waals surface area (Å²) in [7, 11) is 3.81. The topological polar surface area (TPSA) is 73.5 Å². The van der Waals surface area contributed by atoms with Gasteiger partial charge in [0.1, 0.15) is 10.9 Å². The Bertz CT molecular complexity index is 867. The second-order valence-electron chi connectivity index (χ2n) is 6.43. The van der Waals surface area contributed by atoms with Crippen molar-refractivity contribution in [3.63, 3.8) is 0 Å².